The second kappa shape index (κ2) is 4.53. The van der Waals surface area contributed by atoms with Gasteiger partial charge in [0.1, 0.15) is 17.4 Å². The van der Waals surface area contributed by atoms with Crippen LogP contribution in [-0.2, 0) is 0 Å². The zero-order chi connectivity index (χ0) is 12.3. The summed E-state index contributed by atoms with van der Waals surface area (Å²) in [5, 5.41) is 15.9. The molecule has 6 heteroatoms. The molecule has 84 valence electrons. The summed E-state index contributed by atoms with van der Waals surface area (Å²) >= 11 is 0. The lowest BCUT2D eigenvalue weighted by Gasteiger charge is -2.04. The molecular weight excluding hydrogens is 228 g/mol. The number of hydrogen-bond donors (Lipinski definition) is 0. The third-order valence-corrected chi connectivity index (χ3v) is 1.91. The molecule has 1 aromatic carbocycles. The van der Waals surface area contributed by atoms with Crippen LogP contribution in [0.5, 0.6) is 11.6 Å². The molecule has 0 spiro atoms. The molecule has 0 saturated heterocycles. The quantitative estimate of drug-likeness (QED) is 0.799. The Morgan fingerprint density at radius 2 is 2.00 bits per heavy atom. The van der Waals surface area contributed by atoms with Crippen molar-refractivity contribution in [3.8, 4) is 17.7 Å². The third-order valence-electron chi connectivity index (χ3n) is 1.91. The second-order valence-corrected chi connectivity index (χ2v) is 3.04. The van der Waals surface area contributed by atoms with Crippen LogP contribution in [0.1, 0.15) is 5.56 Å². The lowest BCUT2D eigenvalue weighted by Crippen LogP contribution is -1.94. The number of nitrogens with zero attached hydrogens (tertiary/aromatic N) is 3. The fourth-order valence-corrected chi connectivity index (χ4v) is 1.13. The van der Waals surface area contributed by atoms with Gasteiger partial charge in [0.2, 0.25) is 0 Å². The Morgan fingerprint density at radius 3 is 2.71 bits per heavy atom. The fourth-order valence-electron chi connectivity index (χ4n) is 1.13. The largest absolute Gasteiger partial charge is 0.436 e. The number of benzene rings is 1. The van der Waals surface area contributed by atoms with Crippen molar-refractivity contribution in [3.63, 3.8) is 0 Å². The first kappa shape index (κ1) is 11.0. The number of hydrogen-bond acceptors (Lipinski definition) is 4. The monoisotopic (exact) mass is 233 g/mol. The van der Waals surface area contributed by atoms with E-state index in [-0.39, 0.29) is 17.2 Å². The molecule has 0 aliphatic rings. The molecule has 0 N–H and O–H groups in total. The molecule has 0 fully saturated rings. The summed E-state index contributed by atoms with van der Waals surface area (Å²) in [6.07, 6.45) is 1.33. The lowest BCUT2D eigenvalue weighted by molar-refractivity contribution is 0.440. The zero-order valence-corrected chi connectivity index (χ0v) is 8.39. The molecule has 0 bridgehead atoms. The van der Waals surface area contributed by atoms with Gasteiger partial charge in [-0.2, -0.15) is 10.4 Å². The number of nitriles is 1. The normalized spacial score (nSPS) is 9.71. The molecule has 1 heterocycles. The molecule has 0 unspecified atom stereocenters. The molecule has 0 radical (unpaired) electrons. The van der Waals surface area contributed by atoms with E-state index in [0.29, 0.717) is 0 Å². The number of aromatic nitrogens is 2. The zero-order valence-electron chi connectivity index (χ0n) is 8.39. The van der Waals surface area contributed by atoms with Gasteiger partial charge in [0, 0.05) is 6.07 Å². The van der Waals surface area contributed by atoms with Crippen LogP contribution in [0.15, 0.2) is 30.5 Å². The van der Waals surface area contributed by atoms with Gasteiger partial charge < -0.3 is 4.74 Å². The highest BCUT2D eigenvalue weighted by Crippen LogP contribution is 2.23. The van der Waals surface area contributed by atoms with Gasteiger partial charge in [-0.25, -0.2) is 8.78 Å². The highest BCUT2D eigenvalue weighted by atomic mass is 19.2. The van der Waals surface area contributed by atoms with Crippen molar-refractivity contribution in [2.45, 2.75) is 0 Å². The van der Waals surface area contributed by atoms with E-state index in [1.807, 2.05) is 6.07 Å². The SMILES string of the molecule is N#Cc1ccnnc1Oc1ccc(F)c(F)c1. The minimum atomic E-state index is -1.04. The minimum absolute atomic E-state index is 0.0425. The molecule has 2 rings (SSSR count). The summed E-state index contributed by atoms with van der Waals surface area (Å²) < 4.78 is 30.7. The molecule has 4 nitrogen and oxygen atoms in total. The van der Waals surface area contributed by atoms with Gasteiger partial charge in [-0.1, -0.05) is 0 Å². The molecule has 1 aromatic heterocycles. The van der Waals surface area contributed by atoms with E-state index in [2.05, 4.69) is 10.2 Å². The summed E-state index contributed by atoms with van der Waals surface area (Å²) in [5.41, 5.74) is 0.157. The second-order valence-electron chi connectivity index (χ2n) is 3.04. The Hall–Kier alpha value is -2.55. The third kappa shape index (κ3) is 2.34. The van der Waals surface area contributed by atoms with Crippen LogP contribution >= 0.6 is 0 Å². The highest BCUT2D eigenvalue weighted by Gasteiger charge is 2.08. The maximum Gasteiger partial charge on any atom is 0.256 e. The minimum Gasteiger partial charge on any atom is -0.436 e. The Kier molecular flexibility index (Phi) is 2.92. The predicted molar refractivity (Wildman–Crippen MR) is 53.2 cm³/mol. The van der Waals surface area contributed by atoms with Crippen molar-refractivity contribution < 1.29 is 13.5 Å². The summed E-state index contributed by atoms with van der Waals surface area (Å²) in [6, 6.07) is 6.27. The van der Waals surface area contributed by atoms with Crippen molar-refractivity contribution >= 4 is 0 Å². The summed E-state index contributed by atoms with van der Waals surface area (Å²) in [4.78, 5) is 0. The van der Waals surface area contributed by atoms with E-state index in [0.717, 1.165) is 12.1 Å². The molecule has 0 saturated carbocycles. The lowest BCUT2D eigenvalue weighted by atomic mass is 10.3. The standard InChI is InChI=1S/C11H5F2N3O/c12-9-2-1-8(5-10(9)13)17-11-7(6-14)3-4-15-16-11/h1-5H. The van der Waals surface area contributed by atoms with Gasteiger partial charge in [0.05, 0.1) is 6.20 Å². The Balaban J connectivity index is 2.32. The van der Waals surface area contributed by atoms with Crippen LogP contribution in [0, 0.1) is 23.0 Å². The first-order chi connectivity index (χ1) is 8.20. The Morgan fingerprint density at radius 1 is 1.18 bits per heavy atom. The van der Waals surface area contributed by atoms with Crippen molar-refractivity contribution in [2.24, 2.45) is 0 Å². The van der Waals surface area contributed by atoms with E-state index >= 15 is 0 Å². The van der Waals surface area contributed by atoms with Crippen LogP contribution < -0.4 is 4.74 Å². The topological polar surface area (TPSA) is 58.8 Å². The Labute approximate surface area is 95.1 Å². The van der Waals surface area contributed by atoms with E-state index in [9.17, 15) is 8.78 Å². The number of halogens is 2. The molecular formula is C11H5F2N3O. The van der Waals surface area contributed by atoms with Gasteiger partial charge in [0.25, 0.3) is 5.88 Å². The Bertz CT molecular complexity index is 596. The summed E-state index contributed by atoms with van der Waals surface area (Å²) in [7, 11) is 0. The first-order valence-corrected chi connectivity index (χ1v) is 4.55. The molecule has 17 heavy (non-hydrogen) atoms. The van der Waals surface area contributed by atoms with Crippen molar-refractivity contribution in [1.29, 1.82) is 5.26 Å². The molecule has 0 atom stereocenters. The molecule has 0 aliphatic heterocycles. The van der Waals surface area contributed by atoms with E-state index in [1.165, 1.54) is 18.3 Å². The van der Waals surface area contributed by atoms with Crippen LogP contribution in [-0.4, -0.2) is 10.2 Å². The van der Waals surface area contributed by atoms with Crippen LogP contribution in [0.2, 0.25) is 0 Å². The molecule has 0 amide bonds. The molecule has 0 aliphatic carbocycles. The van der Waals surface area contributed by atoms with Crippen LogP contribution in [0.4, 0.5) is 8.78 Å². The highest BCUT2D eigenvalue weighted by molar-refractivity contribution is 5.39. The van der Waals surface area contributed by atoms with Crippen LogP contribution in [0.25, 0.3) is 0 Å². The molecule has 2 aromatic rings. The van der Waals surface area contributed by atoms with Gasteiger partial charge in [-0.3, -0.25) is 0 Å². The number of rotatable bonds is 2. The van der Waals surface area contributed by atoms with Gasteiger partial charge in [-0.15, -0.1) is 5.10 Å². The first-order valence-electron chi connectivity index (χ1n) is 4.55. The number of ether oxygens (including phenoxy) is 1. The van der Waals surface area contributed by atoms with E-state index in [4.69, 9.17) is 10.00 Å². The van der Waals surface area contributed by atoms with Crippen molar-refractivity contribution in [3.05, 3.63) is 47.7 Å². The van der Waals surface area contributed by atoms with Gasteiger partial charge >= 0.3 is 0 Å². The summed E-state index contributed by atoms with van der Waals surface area (Å²) in [5.74, 6) is -2.02. The smallest absolute Gasteiger partial charge is 0.256 e. The fraction of sp³-hybridized carbons (Fsp3) is 0. The van der Waals surface area contributed by atoms with E-state index < -0.39 is 11.6 Å². The predicted octanol–water partition coefficient (Wildman–Crippen LogP) is 2.42. The summed E-state index contributed by atoms with van der Waals surface area (Å²) in [6.45, 7) is 0. The average Bonchev–Trinajstić information content (AvgIpc) is 2.34. The van der Waals surface area contributed by atoms with Crippen molar-refractivity contribution in [2.75, 3.05) is 0 Å². The van der Waals surface area contributed by atoms with Crippen LogP contribution in [0.3, 0.4) is 0 Å². The van der Waals surface area contributed by atoms with Gasteiger partial charge in [-0.05, 0) is 18.2 Å². The van der Waals surface area contributed by atoms with E-state index in [1.54, 1.807) is 0 Å². The van der Waals surface area contributed by atoms with Crippen molar-refractivity contribution in [1.82, 2.24) is 10.2 Å². The maximum absolute atomic E-state index is 12.9. The maximum atomic E-state index is 12.9. The average molecular weight is 233 g/mol. The van der Waals surface area contributed by atoms with Gasteiger partial charge in [0.15, 0.2) is 11.6 Å².